The van der Waals surface area contributed by atoms with Gasteiger partial charge in [-0.3, -0.25) is 14.6 Å². The summed E-state index contributed by atoms with van der Waals surface area (Å²) in [4.78, 5) is 63.9. The molecule has 8 rings (SSSR count). The van der Waals surface area contributed by atoms with Crippen molar-refractivity contribution in [2.45, 2.75) is 135 Å². The number of fused-ring (bicyclic) bond motifs is 8. The number of aryl methyl sites for hydroxylation is 2. The summed E-state index contributed by atoms with van der Waals surface area (Å²) in [5.41, 5.74) is 3.54. The fourth-order valence-corrected chi connectivity index (χ4v) is 9.62. The number of nitrogens with one attached hydrogen (secondary N) is 2. The van der Waals surface area contributed by atoms with Gasteiger partial charge >= 0.3 is 12.2 Å². The van der Waals surface area contributed by atoms with Crippen LogP contribution >= 0.6 is 0 Å². The van der Waals surface area contributed by atoms with Crippen LogP contribution in [0.1, 0.15) is 84.8 Å². The zero-order valence-electron chi connectivity index (χ0n) is 35.3. The van der Waals surface area contributed by atoms with E-state index in [4.69, 9.17) is 9.47 Å². The first kappa shape index (κ1) is 41.3. The average molecular weight is 828 g/mol. The zero-order chi connectivity index (χ0) is 42.7. The second kappa shape index (κ2) is 15.9. The van der Waals surface area contributed by atoms with Crippen LogP contribution in [0.3, 0.4) is 0 Å². The van der Waals surface area contributed by atoms with E-state index in [1.54, 1.807) is 53.7 Å². The lowest BCUT2D eigenvalue weighted by atomic mass is 9.94. The highest BCUT2D eigenvalue weighted by atomic mass is 19.1. The van der Waals surface area contributed by atoms with E-state index in [-0.39, 0.29) is 48.5 Å². The van der Waals surface area contributed by atoms with Crippen molar-refractivity contribution in [1.29, 1.82) is 0 Å². The summed E-state index contributed by atoms with van der Waals surface area (Å²) < 4.78 is 45.7. The Hall–Kier alpha value is -5.47. The molecule has 0 spiro atoms. The van der Waals surface area contributed by atoms with Crippen molar-refractivity contribution < 1.29 is 37.4 Å². The van der Waals surface area contributed by atoms with Crippen LogP contribution in [-0.2, 0) is 45.0 Å². The molecule has 13 nitrogen and oxygen atoms in total. The maximum Gasteiger partial charge on any atom is 0.408 e. The third kappa shape index (κ3) is 8.19. The van der Waals surface area contributed by atoms with Crippen LogP contribution in [0.5, 0.6) is 0 Å². The van der Waals surface area contributed by atoms with Gasteiger partial charge in [0.25, 0.3) is 0 Å². The lowest BCUT2D eigenvalue weighted by Gasteiger charge is -2.31. The van der Waals surface area contributed by atoms with Gasteiger partial charge in [-0.05, 0) is 128 Å². The number of nitrogens with zero attached hydrogens (tertiary/aromatic N) is 5. The quantitative estimate of drug-likeness (QED) is 0.226. The number of carbonyl (C=O) groups excluding carboxylic acids is 4. The van der Waals surface area contributed by atoms with Crippen LogP contribution in [0.2, 0.25) is 0 Å². The first-order valence-corrected chi connectivity index (χ1v) is 21.2. The molecule has 4 amide bonds. The number of alkyl carbamates (subject to hydrolysis) is 2. The summed E-state index contributed by atoms with van der Waals surface area (Å²) in [5.74, 6) is -1.35. The number of rotatable bonds is 2. The lowest BCUT2D eigenvalue weighted by molar-refractivity contribution is -0.134. The molecule has 4 aliphatic heterocycles. The Balaban J connectivity index is 1.29. The van der Waals surface area contributed by atoms with Gasteiger partial charge in [-0.1, -0.05) is 0 Å². The topological polar surface area (TPSA) is 140 Å². The smallest absolute Gasteiger partial charge is 0.408 e. The normalized spacial score (nSPS) is 23.1. The van der Waals surface area contributed by atoms with Crippen LogP contribution in [0.4, 0.5) is 18.4 Å². The van der Waals surface area contributed by atoms with Crippen molar-refractivity contribution >= 4 is 52.0 Å². The van der Waals surface area contributed by atoms with Crippen molar-refractivity contribution in [3.8, 4) is 11.4 Å². The van der Waals surface area contributed by atoms with Crippen molar-refractivity contribution in [3.63, 3.8) is 0 Å². The van der Waals surface area contributed by atoms with Gasteiger partial charge in [0.1, 0.15) is 34.9 Å². The van der Waals surface area contributed by atoms with Gasteiger partial charge in [0.15, 0.2) is 0 Å². The second-order valence-corrected chi connectivity index (χ2v) is 18.5. The Labute approximate surface area is 348 Å². The zero-order valence-corrected chi connectivity index (χ0v) is 35.3. The molecule has 4 aromatic rings. The summed E-state index contributed by atoms with van der Waals surface area (Å²) in [6.07, 6.45) is 3.83. The van der Waals surface area contributed by atoms with Gasteiger partial charge in [-0.25, -0.2) is 18.4 Å². The number of benzene rings is 2. The molecule has 320 valence electrons. The Morgan fingerprint density at radius 2 is 1.13 bits per heavy atom. The summed E-state index contributed by atoms with van der Waals surface area (Å²) in [5, 5.41) is 7.30. The highest BCUT2D eigenvalue weighted by molar-refractivity contribution is 5.98. The van der Waals surface area contributed by atoms with E-state index in [9.17, 15) is 19.2 Å². The first-order chi connectivity index (χ1) is 28.5. The summed E-state index contributed by atoms with van der Waals surface area (Å²) in [6.45, 7) is 12.3. The number of hydrogen-bond donors (Lipinski definition) is 2. The van der Waals surface area contributed by atoms with Crippen LogP contribution in [-0.4, -0.2) is 104 Å². The van der Waals surface area contributed by atoms with E-state index < -0.39 is 35.5 Å². The molecule has 0 aliphatic carbocycles. The Kier molecular flexibility index (Phi) is 10.9. The molecular formula is C45H55F2N7O6. The summed E-state index contributed by atoms with van der Waals surface area (Å²) in [7, 11) is 0. The number of amides is 4. The third-order valence-corrected chi connectivity index (χ3v) is 12.0. The first-order valence-electron chi connectivity index (χ1n) is 21.2. The summed E-state index contributed by atoms with van der Waals surface area (Å²) >= 11 is 0. The monoisotopic (exact) mass is 827 g/mol. The maximum atomic E-state index is 15.1. The van der Waals surface area contributed by atoms with Crippen LogP contribution < -0.4 is 10.6 Å². The van der Waals surface area contributed by atoms with Gasteiger partial charge in [0.2, 0.25) is 11.8 Å². The standard InChI is InChI=1S/C45H55F2N7O6/c1-44(2,3)59-42(57)49-34-15-16-48-25-35(50-43(58)60-45(4,5)6)41(56)52-18-8-10-29(52)24-33-31-14-12-27(47)22-37(31)54-20-19-53-36-21-26(46)11-13-30(36)32(38(53)39(33)54)23-28-9-7-17-51(28)40(34)55/h11-14,16,21-22,28-29,34-35H,7-10,15,17-20,23-25H2,1-6H3,(H,49,57)(H,50,58)/b48-16+/t28-,29-,34-,35-/m0/s1. The van der Waals surface area contributed by atoms with Gasteiger partial charge in [-0.15, -0.1) is 0 Å². The fraction of sp³-hybridized carbons (Fsp3) is 0.533. The molecule has 15 heteroatoms. The predicted molar refractivity (Wildman–Crippen MR) is 224 cm³/mol. The van der Waals surface area contributed by atoms with Crippen LogP contribution in [0, 0.1) is 11.6 Å². The van der Waals surface area contributed by atoms with Gasteiger partial charge in [-0.2, -0.15) is 0 Å². The number of aliphatic imine (C=N–C) groups is 1. The lowest BCUT2D eigenvalue weighted by Crippen LogP contribution is -2.53. The molecule has 0 radical (unpaired) electrons. The van der Waals surface area contributed by atoms with Crippen LogP contribution in [0.15, 0.2) is 41.4 Å². The molecule has 2 aromatic carbocycles. The summed E-state index contributed by atoms with van der Waals surface area (Å²) in [6, 6.07) is 7.01. The van der Waals surface area contributed by atoms with Crippen molar-refractivity contribution in [1.82, 2.24) is 29.6 Å². The number of halogens is 2. The number of aromatic nitrogens is 2. The minimum absolute atomic E-state index is 0.00480. The molecule has 4 atom stereocenters. The molecule has 6 heterocycles. The van der Waals surface area contributed by atoms with Gasteiger partial charge < -0.3 is 39.0 Å². The molecule has 4 aliphatic rings. The van der Waals surface area contributed by atoms with E-state index in [0.717, 1.165) is 57.2 Å². The maximum absolute atomic E-state index is 15.1. The molecule has 2 fully saturated rings. The minimum atomic E-state index is -1.09. The van der Waals surface area contributed by atoms with E-state index >= 15 is 8.78 Å². The number of carbonyl (C=O) groups is 4. The minimum Gasteiger partial charge on any atom is -0.444 e. The Morgan fingerprint density at radius 1 is 0.683 bits per heavy atom. The number of ether oxygens (including phenoxy) is 2. The molecule has 2 saturated heterocycles. The van der Waals surface area contributed by atoms with Gasteiger partial charge in [0, 0.05) is 61.7 Å². The van der Waals surface area contributed by atoms with Crippen molar-refractivity contribution in [2.24, 2.45) is 4.99 Å². The molecule has 2 N–H and O–H groups in total. The largest absolute Gasteiger partial charge is 0.444 e. The Bertz CT molecular complexity index is 2230. The second-order valence-electron chi connectivity index (χ2n) is 18.5. The van der Waals surface area contributed by atoms with Crippen LogP contribution in [0.25, 0.3) is 33.2 Å². The molecule has 0 saturated carbocycles. The molecule has 2 aromatic heterocycles. The van der Waals surface area contributed by atoms with Crippen molar-refractivity contribution in [2.75, 3.05) is 19.6 Å². The molecule has 0 bridgehead atoms. The molecular weight excluding hydrogens is 773 g/mol. The predicted octanol–water partition coefficient (Wildman–Crippen LogP) is 6.88. The third-order valence-electron chi connectivity index (χ3n) is 12.0. The SMILES string of the molecule is CC(C)(C)OC(=O)N[C@H]1C/C=N/C[C@H](NC(=O)OC(C)(C)C)C(=O)N2CCC[C@H]2Cc2c3n(c4cc(F)ccc24)CCn2c-3c(c3ccc(F)cc32)C[C@@H]2CCCN2C1=O. The highest BCUT2D eigenvalue weighted by Crippen LogP contribution is 2.45. The molecule has 60 heavy (non-hydrogen) atoms. The van der Waals surface area contributed by atoms with E-state index in [1.165, 1.54) is 18.3 Å². The number of hydrogen-bond acceptors (Lipinski definition) is 7. The van der Waals surface area contributed by atoms with E-state index in [2.05, 4.69) is 24.8 Å². The van der Waals surface area contributed by atoms with E-state index in [0.29, 0.717) is 51.9 Å². The highest BCUT2D eigenvalue weighted by Gasteiger charge is 2.40. The molecule has 0 unspecified atom stereocenters. The Morgan fingerprint density at radius 3 is 1.60 bits per heavy atom. The fourth-order valence-electron chi connectivity index (χ4n) is 9.62. The average Bonchev–Trinajstić information content (AvgIpc) is 3.95. The van der Waals surface area contributed by atoms with Crippen molar-refractivity contribution in [3.05, 3.63) is 59.2 Å². The van der Waals surface area contributed by atoms with E-state index in [1.807, 2.05) is 21.9 Å². The van der Waals surface area contributed by atoms with Gasteiger partial charge in [0.05, 0.1) is 29.0 Å².